The van der Waals surface area contributed by atoms with Gasteiger partial charge in [0.25, 0.3) is 0 Å². The average molecular weight is 283 g/mol. The standard InChI is InChI=1S/C19H25NO/c1(4-8-17-9-5-3-6-10-17)2-7-13-20-14-11-18-12-15-21-19(18)16-20/h3,5-6,9-10,12,15H,1-2,4,7-8,11,13-14,16H2. The molecule has 0 atom stereocenters. The van der Waals surface area contributed by atoms with Crippen LogP contribution in [0.2, 0.25) is 0 Å². The Kier molecular flexibility index (Phi) is 5.12. The number of rotatable bonds is 7. The number of hydrogen-bond donors (Lipinski definition) is 0. The molecule has 2 nitrogen and oxygen atoms in total. The minimum Gasteiger partial charge on any atom is -0.468 e. The first-order chi connectivity index (χ1) is 10.4. The van der Waals surface area contributed by atoms with Crippen molar-refractivity contribution in [3.63, 3.8) is 0 Å². The third kappa shape index (κ3) is 4.21. The Labute approximate surface area is 127 Å². The zero-order valence-electron chi connectivity index (χ0n) is 12.8. The van der Waals surface area contributed by atoms with Crippen LogP contribution in [0.4, 0.5) is 0 Å². The number of benzene rings is 1. The minimum atomic E-state index is 1.01. The van der Waals surface area contributed by atoms with Gasteiger partial charge in [-0.2, -0.15) is 0 Å². The highest BCUT2D eigenvalue weighted by molar-refractivity contribution is 5.19. The average Bonchev–Trinajstić information content (AvgIpc) is 2.99. The van der Waals surface area contributed by atoms with Crippen LogP contribution in [0.3, 0.4) is 0 Å². The maximum absolute atomic E-state index is 5.54. The number of hydrogen-bond acceptors (Lipinski definition) is 2. The Morgan fingerprint density at radius 3 is 2.71 bits per heavy atom. The summed E-state index contributed by atoms with van der Waals surface area (Å²) >= 11 is 0. The van der Waals surface area contributed by atoms with Crippen molar-refractivity contribution >= 4 is 0 Å². The molecule has 1 aliphatic heterocycles. The second-order valence-corrected chi connectivity index (χ2v) is 6.04. The minimum absolute atomic E-state index is 1.01. The Balaban J connectivity index is 1.27. The summed E-state index contributed by atoms with van der Waals surface area (Å²) in [6.45, 7) is 3.41. The molecule has 2 aromatic rings. The van der Waals surface area contributed by atoms with Crippen molar-refractivity contribution in [2.75, 3.05) is 13.1 Å². The Bertz CT molecular complexity index is 532. The van der Waals surface area contributed by atoms with Crippen LogP contribution in [0.5, 0.6) is 0 Å². The van der Waals surface area contributed by atoms with Crippen LogP contribution in [-0.4, -0.2) is 18.0 Å². The molecule has 3 rings (SSSR count). The maximum atomic E-state index is 5.54. The van der Waals surface area contributed by atoms with Gasteiger partial charge in [0.2, 0.25) is 0 Å². The highest BCUT2D eigenvalue weighted by atomic mass is 16.3. The maximum Gasteiger partial charge on any atom is 0.120 e. The Morgan fingerprint density at radius 1 is 0.952 bits per heavy atom. The van der Waals surface area contributed by atoms with E-state index in [1.54, 1.807) is 0 Å². The van der Waals surface area contributed by atoms with Crippen molar-refractivity contribution in [1.82, 2.24) is 4.90 Å². The van der Waals surface area contributed by atoms with Gasteiger partial charge >= 0.3 is 0 Å². The molecule has 0 fully saturated rings. The van der Waals surface area contributed by atoms with Crippen LogP contribution in [0.1, 0.15) is 42.6 Å². The van der Waals surface area contributed by atoms with Crippen molar-refractivity contribution in [2.45, 2.75) is 45.1 Å². The summed E-state index contributed by atoms with van der Waals surface area (Å²) in [5, 5.41) is 0. The van der Waals surface area contributed by atoms with Crippen LogP contribution in [0.15, 0.2) is 47.1 Å². The second-order valence-electron chi connectivity index (χ2n) is 6.04. The van der Waals surface area contributed by atoms with Gasteiger partial charge in [0.05, 0.1) is 12.8 Å². The number of furan rings is 1. The van der Waals surface area contributed by atoms with E-state index < -0.39 is 0 Å². The quantitative estimate of drug-likeness (QED) is 0.698. The van der Waals surface area contributed by atoms with Crippen LogP contribution >= 0.6 is 0 Å². The zero-order chi connectivity index (χ0) is 14.3. The molecule has 2 heteroatoms. The zero-order valence-corrected chi connectivity index (χ0v) is 12.8. The highest BCUT2D eigenvalue weighted by Crippen LogP contribution is 2.20. The molecule has 2 heterocycles. The lowest BCUT2D eigenvalue weighted by Gasteiger charge is -2.25. The molecular formula is C19H25NO. The van der Waals surface area contributed by atoms with Gasteiger partial charge in [0.1, 0.15) is 5.76 Å². The van der Waals surface area contributed by atoms with Gasteiger partial charge in [-0.25, -0.2) is 0 Å². The van der Waals surface area contributed by atoms with Gasteiger partial charge < -0.3 is 4.42 Å². The molecule has 0 radical (unpaired) electrons. The summed E-state index contributed by atoms with van der Waals surface area (Å²) in [5.74, 6) is 1.19. The lowest BCUT2D eigenvalue weighted by molar-refractivity contribution is 0.224. The van der Waals surface area contributed by atoms with E-state index in [9.17, 15) is 0 Å². The van der Waals surface area contributed by atoms with E-state index in [0.29, 0.717) is 0 Å². The molecular weight excluding hydrogens is 258 g/mol. The van der Waals surface area contributed by atoms with Gasteiger partial charge in [-0.15, -0.1) is 0 Å². The van der Waals surface area contributed by atoms with Crippen molar-refractivity contribution in [1.29, 1.82) is 0 Å². The molecule has 0 saturated carbocycles. The largest absolute Gasteiger partial charge is 0.468 e. The van der Waals surface area contributed by atoms with Crippen molar-refractivity contribution in [2.24, 2.45) is 0 Å². The van der Waals surface area contributed by atoms with Crippen molar-refractivity contribution < 1.29 is 4.42 Å². The summed E-state index contributed by atoms with van der Waals surface area (Å²) < 4.78 is 5.54. The summed E-state index contributed by atoms with van der Waals surface area (Å²) in [4.78, 5) is 2.53. The molecule has 1 aromatic heterocycles. The van der Waals surface area contributed by atoms with Crippen molar-refractivity contribution in [3.05, 3.63) is 59.5 Å². The van der Waals surface area contributed by atoms with E-state index in [2.05, 4.69) is 41.3 Å². The van der Waals surface area contributed by atoms with Gasteiger partial charge in [-0.05, 0) is 49.4 Å². The predicted molar refractivity (Wildman–Crippen MR) is 86.3 cm³/mol. The van der Waals surface area contributed by atoms with E-state index in [1.807, 2.05) is 6.26 Å². The van der Waals surface area contributed by atoms with Crippen LogP contribution in [-0.2, 0) is 19.4 Å². The van der Waals surface area contributed by atoms with E-state index in [4.69, 9.17) is 4.42 Å². The normalized spacial score (nSPS) is 15.0. The summed E-state index contributed by atoms with van der Waals surface area (Å²) in [6.07, 6.45) is 9.51. The number of nitrogens with zero attached hydrogens (tertiary/aromatic N) is 1. The van der Waals surface area contributed by atoms with E-state index >= 15 is 0 Å². The summed E-state index contributed by atoms with van der Waals surface area (Å²) in [6, 6.07) is 12.9. The molecule has 0 amide bonds. The Morgan fingerprint density at radius 2 is 1.81 bits per heavy atom. The predicted octanol–water partition coefficient (Wildman–Crippen LogP) is 4.44. The lowest BCUT2D eigenvalue weighted by atomic mass is 10.1. The first-order valence-electron chi connectivity index (χ1n) is 8.23. The van der Waals surface area contributed by atoms with Crippen LogP contribution < -0.4 is 0 Å². The SMILES string of the molecule is c1ccc(CCCCCCN2CCc3ccoc3C2)cc1. The lowest BCUT2D eigenvalue weighted by Crippen LogP contribution is -2.30. The summed E-state index contributed by atoms with van der Waals surface area (Å²) in [7, 11) is 0. The second kappa shape index (κ2) is 7.46. The number of aryl methyl sites for hydroxylation is 1. The number of fused-ring (bicyclic) bond motifs is 1. The van der Waals surface area contributed by atoms with E-state index in [0.717, 1.165) is 13.0 Å². The molecule has 1 aromatic carbocycles. The monoisotopic (exact) mass is 283 g/mol. The van der Waals surface area contributed by atoms with Gasteiger partial charge in [0, 0.05) is 6.54 Å². The summed E-state index contributed by atoms with van der Waals surface area (Å²) in [5.41, 5.74) is 2.88. The van der Waals surface area contributed by atoms with Gasteiger partial charge in [0.15, 0.2) is 0 Å². The molecule has 112 valence electrons. The molecule has 0 unspecified atom stereocenters. The fourth-order valence-corrected chi connectivity index (χ4v) is 3.14. The molecule has 21 heavy (non-hydrogen) atoms. The third-order valence-corrected chi connectivity index (χ3v) is 4.43. The topological polar surface area (TPSA) is 16.4 Å². The molecule has 0 N–H and O–H groups in total. The first kappa shape index (κ1) is 14.4. The first-order valence-corrected chi connectivity index (χ1v) is 8.23. The molecule has 0 aliphatic carbocycles. The van der Waals surface area contributed by atoms with Gasteiger partial charge in [-0.3, -0.25) is 4.90 Å². The fourth-order valence-electron chi connectivity index (χ4n) is 3.14. The Hall–Kier alpha value is -1.54. The highest BCUT2D eigenvalue weighted by Gasteiger charge is 2.17. The van der Waals surface area contributed by atoms with Crippen LogP contribution in [0, 0.1) is 0 Å². The van der Waals surface area contributed by atoms with E-state index in [1.165, 1.54) is 62.1 Å². The van der Waals surface area contributed by atoms with Crippen LogP contribution in [0.25, 0.3) is 0 Å². The third-order valence-electron chi connectivity index (χ3n) is 4.43. The number of unbranched alkanes of at least 4 members (excludes halogenated alkanes) is 3. The molecule has 0 spiro atoms. The smallest absolute Gasteiger partial charge is 0.120 e. The molecule has 1 aliphatic rings. The fraction of sp³-hybridized carbons (Fsp3) is 0.474. The van der Waals surface area contributed by atoms with Crippen molar-refractivity contribution in [3.8, 4) is 0 Å². The molecule has 0 bridgehead atoms. The molecule has 0 saturated heterocycles. The van der Waals surface area contributed by atoms with Gasteiger partial charge in [-0.1, -0.05) is 43.2 Å². The van der Waals surface area contributed by atoms with E-state index in [-0.39, 0.29) is 0 Å².